The Hall–Kier alpha value is -1.66. The van der Waals surface area contributed by atoms with Gasteiger partial charge in [-0.05, 0) is 25.5 Å². The summed E-state index contributed by atoms with van der Waals surface area (Å²) >= 11 is 0. The zero-order valence-corrected chi connectivity index (χ0v) is 13.2. The molecule has 22 heavy (non-hydrogen) atoms. The molecule has 1 saturated heterocycles. The zero-order chi connectivity index (χ0) is 15.8. The SMILES string of the molecule is COCCN1CC[C@H](C(=O)NCCCn2ccccc2=O)C1. The topological polar surface area (TPSA) is 63.6 Å². The van der Waals surface area contributed by atoms with Gasteiger partial charge in [-0.15, -0.1) is 0 Å². The largest absolute Gasteiger partial charge is 0.383 e. The second-order valence-corrected chi connectivity index (χ2v) is 5.66. The fourth-order valence-electron chi connectivity index (χ4n) is 2.72. The number of pyridine rings is 1. The Bertz CT molecular complexity index is 529. The van der Waals surface area contributed by atoms with E-state index in [1.165, 1.54) is 0 Å². The highest BCUT2D eigenvalue weighted by Crippen LogP contribution is 2.15. The van der Waals surface area contributed by atoms with Gasteiger partial charge in [-0.3, -0.25) is 9.59 Å². The van der Waals surface area contributed by atoms with Crippen LogP contribution in [-0.4, -0.2) is 55.3 Å². The molecule has 0 radical (unpaired) electrons. The molecule has 1 fully saturated rings. The monoisotopic (exact) mass is 307 g/mol. The molecule has 1 aromatic rings. The summed E-state index contributed by atoms with van der Waals surface area (Å²) in [4.78, 5) is 25.9. The summed E-state index contributed by atoms with van der Waals surface area (Å²) in [7, 11) is 1.69. The summed E-state index contributed by atoms with van der Waals surface area (Å²) in [5, 5.41) is 2.98. The van der Waals surface area contributed by atoms with Crippen LogP contribution < -0.4 is 10.9 Å². The summed E-state index contributed by atoms with van der Waals surface area (Å²) in [6.45, 7) is 4.60. The van der Waals surface area contributed by atoms with Crippen LogP contribution in [0, 0.1) is 5.92 Å². The maximum Gasteiger partial charge on any atom is 0.250 e. The van der Waals surface area contributed by atoms with Gasteiger partial charge in [0.25, 0.3) is 0 Å². The number of hydrogen-bond acceptors (Lipinski definition) is 4. The van der Waals surface area contributed by atoms with Gasteiger partial charge >= 0.3 is 0 Å². The molecule has 6 nitrogen and oxygen atoms in total. The highest BCUT2D eigenvalue weighted by molar-refractivity contribution is 5.79. The van der Waals surface area contributed by atoms with E-state index < -0.39 is 0 Å². The minimum absolute atomic E-state index is 0.00148. The summed E-state index contributed by atoms with van der Waals surface area (Å²) < 4.78 is 6.72. The molecule has 0 aliphatic carbocycles. The van der Waals surface area contributed by atoms with Crippen LogP contribution in [0.1, 0.15) is 12.8 Å². The van der Waals surface area contributed by atoms with Crippen LogP contribution >= 0.6 is 0 Å². The lowest BCUT2D eigenvalue weighted by Crippen LogP contribution is -2.34. The highest BCUT2D eigenvalue weighted by atomic mass is 16.5. The molecule has 2 rings (SSSR count). The van der Waals surface area contributed by atoms with Crippen molar-refractivity contribution in [2.45, 2.75) is 19.4 Å². The fraction of sp³-hybridized carbons (Fsp3) is 0.625. The number of methoxy groups -OCH3 is 1. The zero-order valence-electron chi connectivity index (χ0n) is 13.2. The summed E-state index contributed by atoms with van der Waals surface area (Å²) in [5.74, 6) is 0.205. The molecule has 1 aliphatic heterocycles. The third kappa shape index (κ3) is 4.96. The second-order valence-electron chi connectivity index (χ2n) is 5.66. The average molecular weight is 307 g/mol. The number of amides is 1. The first-order valence-corrected chi connectivity index (χ1v) is 7.85. The van der Waals surface area contributed by atoms with E-state index in [0.717, 1.165) is 32.5 Å². The Morgan fingerprint density at radius 1 is 1.41 bits per heavy atom. The lowest BCUT2D eigenvalue weighted by molar-refractivity contribution is -0.124. The molecule has 2 heterocycles. The van der Waals surface area contributed by atoms with Crippen molar-refractivity contribution in [1.82, 2.24) is 14.8 Å². The Labute approximate surface area is 131 Å². The van der Waals surface area contributed by atoms with Gasteiger partial charge in [0.2, 0.25) is 11.5 Å². The quantitative estimate of drug-likeness (QED) is 0.703. The number of rotatable bonds is 8. The number of likely N-dealkylation sites (tertiary alicyclic amines) is 1. The van der Waals surface area contributed by atoms with Crippen LogP contribution in [0.2, 0.25) is 0 Å². The van der Waals surface area contributed by atoms with E-state index in [4.69, 9.17) is 4.74 Å². The molecule has 0 aromatic carbocycles. The lowest BCUT2D eigenvalue weighted by Gasteiger charge is -2.15. The molecule has 0 bridgehead atoms. The molecule has 6 heteroatoms. The van der Waals surface area contributed by atoms with Crippen molar-refractivity contribution >= 4 is 5.91 Å². The molecule has 1 amide bonds. The van der Waals surface area contributed by atoms with Gasteiger partial charge < -0.3 is 19.5 Å². The van der Waals surface area contributed by atoms with Crippen LogP contribution in [-0.2, 0) is 16.1 Å². The molecule has 1 atom stereocenters. The summed E-state index contributed by atoms with van der Waals surface area (Å²) in [6.07, 6.45) is 3.44. The molecule has 1 aliphatic rings. The van der Waals surface area contributed by atoms with Crippen LogP contribution in [0.25, 0.3) is 0 Å². The number of aryl methyl sites for hydroxylation is 1. The van der Waals surface area contributed by atoms with Crippen molar-refractivity contribution in [1.29, 1.82) is 0 Å². The molecule has 1 aromatic heterocycles. The fourth-order valence-corrected chi connectivity index (χ4v) is 2.72. The predicted octanol–water partition coefficient (Wildman–Crippen LogP) is 0.323. The Morgan fingerprint density at radius 3 is 3.05 bits per heavy atom. The van der Waals surface area contributed by atoms with E-state index in [1.807, 2.05) is 6.07 Å². The van der Waals surface area contributed by atoms with E-state index in [1.54, 1.807) is 30.0 Å². The number of nitrogens with zero attached hydrogens (tertiary/aromatic N) is 2. The lowest BCUT2D eigenvalue weighted by atomic mass is 10.1. The number of ether oxygens (including phenoxy) is 1. The van der Waals surface area contributed by atoms with Crippen LogP contribution in [0.3, 0.4) is 0 Å². The number of carbonyl (C=O) groups excluding carboxylic acids is 1. The van der Waals surface area contributed by atoms with Crippen molar-refractivity contribution in [2.24, 2.45) is 5.92 Å². The first kappa shape index (κ1) is 16.7. The first-order chi connectivity index (χ1) is 10.7. The van der Waals surface area contributed by atoms with Gasteiger partial charge in [0.1, 0.15) is 0 Å². The smallest absolute Gasteiger partial charge is 0.250 e. The normalized spacial score (nSPS) is 18.5. The van der Waals surface area contributed by atoms with Gasteiger partial charge in [-0.2, -0.15) is 0 Å². The van der Waals surface area contributed by atoms with Gasteiger partial charge in [0.05, 0.1) is 12.5 Å². The molecule has 0 unspecified atom stereocenters. The van der Waals surface area contributed by atoms with E-state index >= 15 is 0 Å². The molecule has 122 valence electrons. The average Bonchev–Trinajstić information content (AvgIpc) is 3.00. The summed E-state index contributed by atoms with van der Waals surface area (Å²) in [5.41, 5.74) is -0.00148. The molecule has 1 N–H and O–H groups in total. The predicted molar refractivity (Wildman–Crippen MR) is 84.8 cm³/mol. The highest BCUT2D eigenvalue weighted by Gasteiger charge is 2.27. The van der Waals surface area contributed by atoms with Gasteiger partial charge in [-0.1, -0.05) is 6.07 Å². The van der Waals surface area contributed by atoms with Crippen molar-refractivity contribution < 1.29 is 9.53 Å². The maximum absolute atomic E-state index is 12.1. The van der Waals surface area contributed by atoms with Gasteiger partial charge in [-0.25, -0.2) is 0 Å². The van der Waals surface area contributed by atoms with Crippen LogP contribution in [0.15, 0.2) is 29.2 Å². The van der Waals surface area contributed by atoms with Crippen molar-refractivity contribution in [3.05, 3.63) is 34.7 Å². The van der Waals surface area contributed by atoms with Gasteiger partial charge in [0, 0.05) is 45.6 Å². The Balaban J connectivity index is 1.64. The number of aromatic nitrogens is 1. The van der Waals surface area contributed by atoms with Gasteiger partial charge in [0.15, 0.2) is 0 Å². The number of carbonyl (C=O) groups is 1. The van der Waals surface area contributed by atoms with Crippen molar-refractivity contribution in [2.75, 3.05) is 39.9 Å². The molecule has 0 saturated carbocycles. The van der Waals surface area contributed by atoms with Crippen LogP contribution in [0.5, 0.6) is 0 Å². The Morgan fingerprint density at radius 2 is 2.27 bits per heavy atom. The minimum Gasteiger partial charge on any atom is -0.383 e. The van der Waals surface area contributed by atoms with Crippen molar-refractivity contribution in [3.63, 3.8) is 0 Å². The number of hydrogen-bond donors (Lipinski definition) is 1. The van der Waals surface area contributed by atoms with E-state index in [2.05, 4.69) is 10.2 Å². The van der Waals surface area contributed by atoms with Crippen molar-refractivity contribution in [3.8, 4) is 0 Å². The van der Waals surface area contributed by atoms with Crippen LogP contribution in [0.4, 0.5) is 0 Å². The minimum atomic E-state index is -0.00148. The molecular formula is C16H25N3O3. The standard InChI is InChI=1S/C16H25N3O3/c1-22-12-11-18-10-6-14(13-18)16(21)17-7-4-9-19-8-3-2-5-15(19)20/h2-3,5,8,14H,4,6-7,9-13H2,1H3,(H,17,21)/t14-/m0/s1. The molecule has 0 spiro atoms. The Kier molecular flexibility index (Phi) is 6.61. The third-order valence-corrected chi connectivity index (χ3v) is 4.03. The second kappa shape index (κ2) is 8.70. The van der Waals surface area contributed by atoms with E-state index in [0.29, 0.717) is 19.7 Å². The maximum atomic E-state index is 12.1. The summed E-state index contributed by atoms with van der Waals surface area (Å²) in [6, 6.07) is 5.12. The number of nitrogens with one attached hydrogen (secondary N) is 1. The third-order valence-electron chi connectivity index (χ3n) is 4.03. The first-order valence-electron chi connectivity index (χ1n) is 7.85. The van der Waals surface area contributed by atoms with E-state index in [9.17, 15) is 9.59 Å². The molecular weight excluding hydrogens is 282 g/mol. The van der Waals surface area contributed by atoms with E-state index in [-0.39, 0.29) is 17.4 Å².